The number of hydrogen-bond donors (Lipinski definition) is 0. The van der Waals surface area contributed by atoms with Gasteiger partial charge in [0.05, 0.1) is 4.21 Å². The molecule has 0 spiro atoms. The number of halogens is 1. The molecule has 1 heterocycles. The van der Waals surface area contributed by atoms with E-state index >= 15 is 0 Å². The molecule has 0 aliphatic carbocycles. The van der Waals surface area contributed by atoms with Crippen molar-refractivity contribution >= 4 is 55.4 Å². The predicted molar refractivity (Wildman–Crippen MR) is 66.7 cm³/mol. The van der Waals surface area contributed by atoms with Gasteiger partial charge in [0, 0.05) is 20.1 Å². The molecule has 14 heavy (non-hydrogen) atoms. The van der Waals surface area contributed by atoms with E-state index in [0.29, 0.717) is 0 Å². The van der Waals surface area contributed by atoms with Gasteiger partial charge in [0.1, 0.15) is 0 Å². The molecular formula is C10H7BrOS2. The van der Waals surface area contributed by atoms with Crippen LogP contribution in [0, 0.1) is 0 Å². The zero-order valence-electron chi connectivity index (χ0n) is 7.41. The van der Waals surface area contributed by atoms with Crippen molar-refractivity contribution in [1.29, 1.82) is 0 Å². The summed E-state index contributed by atoms with van der Waals surface area (Å²) in [5.41, 5.74) is 0.818. The highest BCUT2D eigenvalue weighted by Crippen LogP contribution is 2.37. The number of benzene rings is 1. The molecule has 1 aromatic carbocycles. The van der Waals surface area contributed by atoms with Crippen LogP contribution in [0.25, 0.3) is 10.1 Å². The summed E-state index contributed by atoms with van der Waals surface area (Å²) in [6, 6.07) is 6.03. The number of aldehydes is 1. The Morgan fingerprint density at radius 1 is 1.50 bits per heavy atom. The smallest absolute Gasteiger partial charge is 0.152 e. The zero-order valence-corrected chi connectivity index (χ0v) is 10.6. The average Bonchev–Trinajstić information content (AvgIpc) is 2.54. The van der Waals surface area contributed by atoms with Crippen LogP contribution < -0.4 is 0 Å². The van der Waals surface area contributed by atoms with Crippen LogP contribution in [0.15, 0.2) is 26.9 Å². The summed E-state index contributed by atoms with van der Waals surface area (Å²) in [6.07, 6.45) is 2.93. The van der Waals surface area contributed by atoms with E-state index in [1.165, 1.54) is 4.70 Å². The SMILES string of the molecule is CSc1sc2ccc(Br)cc2c1C=O. The van der Waals surface area contributed by atoms with E-state index in [9.17, 15) is 4.79 Å². The van der Waals surface area contributed by atoms with E-state index in [2.05, 4.69) is 15.9 Å². The topological polar surface area (TPSA) is 17.1 Å². The van der Waals surface area contributed by atoms with Crippen LogP contribution in [-0.4, -0.2) is 12.5 Å². The third-order valence-corrected chi connectivity index (χ3v) is 4.77. The van der Waals surface area contributed by atoms with Gasteiger partial charge < -0.3 is 0 Å². The molecule has 0 unspecified atom stereocenters. The molecule has 0 amide bonds. The molecule has 0 aliphatic heterocycles. The molecule has 72 valence electrons. The first-order chi connectivity index (χ1) is 6.76. The van der Waals surface area contributed by atoms with E-state index in [4.69, 9.17) is 0 Å². The van der Waals surface area contributed by atoms with Crippen molar-refractivity contribution in [1.82, 2.24) is 0 Å². The third kappa shape index (κ3) is 1.62. The summed E-state index contributed by atoms with van der Waals surface area (Å²) in [4.78, 5) is 11.0. The average molecular weight is 287 g/mol. The minimum Gasteiger partial charge on any atom is -0.298 e. The quantitative estimate of drug-likeness (QED) is 0.608. The van der Waals surface area contributed by atoms with Crippen LogP contribution in [0.1, 0.15) is 10.4 Å². The van der Waals surface area contributed by atoms with E-state index in [-0.39, 0.29) is 0 Å². The normalized spacial score (nSPS) is 10.7. The molecule has 2 rings (SSSR count). The lowest BCUT2D eigenvalue weighted by atomic mass is 10.2. The van der Waals surface area contributed by atoms with Crippen molar-refractivity contribution in [3.8, 4) is 0 Å². The van der Waals surface area contributed by atoms with E-state index in [1.54, 1.807) is 23.1 Å². The van der Waals surface area contributed by atoms with Crippen LogP contribution in [-0.2, 0) is 0 Å². The van der Waals surface area contributed by atoms with Crippen LogP contribution >= 0.6 is 39.0 Å². The van der Waals surface area contributed by atoms with Crippen LogP contribution in [0.3, 0.4) is 0 Å². The molecule has 0 fully saturated rings. The van der Waals surface area contributed by atoms with Gasteiger partial charge in [-0.2, -0.15) is 0 Å². The fraction of sp³-hybridized carbons (Fsp3) is 0.100. The van der Waals surface area contributed by atoms with Gasteiger partial charge in [-0.15, -0.1) is 23.1 Å². The van der Waals surface area contributed by atoms with Gasteiger partial charge in [-0.1, -0.05) is 15.9 Å². The minimum absolute atomic E-state index is 0.818. The van der Waals surface area contributed by atoms with Gasteiger partial charge in [-0.25, -0.2) is 0 Å². The van der Waals surface area contributed by atoms with E-state index in [0.717, 1.165) is 25.9 Å². The highest BCUT2D eigenvalue weighted by atomic mass is 79.9. The van der Waals surface area contributed by atoms with Crippen LogP contribution in [0.5, 0.6) is 0 Å². The standard InChI is InChI=1S/C10H7BrOS2/c1-13-10-8(5-12)7-4-6(11)2-3-9(7)14-10/h2-5H,1H3. The van der Waals surface area contributed by atoms with Gasteiger partial charge in [0.2, 0.25) is 0 Å². The third-order valence-electron chi connectivity index (χ3n) is 1.96. The first kappa shape index (κ1) is 10.2. The fourth-order valence-electron chi connectivity index (χ4n) is 1.33. The lowest BCUT2D eigenvalue weighted by Crippen LogP contribution is -1.77. The van der Waals surface area contributed by atoms with Crippen molar-refractivity contribution in [3.05, 3.63) is 28.2 Å². The summed E-state index contributed by atoms with van der Waals surface area (Å²) in [6.45, 7) is 0. The van der Waals surface area contributed by atoms with E-state index < -0.39 is 0 Å². The first-order valence-electron chi connectivity index (χ1n) is 3.97. The zero-order chi connectivity index (χ0) is 10.1. The number of fused-ring (bicyclic) bond motifs is 1. The molecule has 1 nitrogen and oxygen atoms in total. The second-order valence-electron chi connectivity index (χ2n) is 2.77. The Labute approximate surface area is 98.6 Å². The van der Waals surface area contributed by atoms with Crippen molar-refractivity contribution in [2.24, 2.45) is 0 Å². The highest BCUT2D eigenvalue weighted by molar-refractivity contribution is 9.10. The van der Waals surface area contributed by atoms with Gasteiger partial charge >= 0.3 is 0 Å². The molecule has 0 bridgehead atoms. The summed E-state index contributed by atoms with van der Waals surface area (Å²) in [5, 5.41) is 1.05. The maximum absolute atomic E-state index is 11.0. The van der Waals surface area contributed by atoms with Gasteiger partial charge in [-0.3, -0.25) is 4.79 Å². The molecule has 0 saturated carbocycles. The second kappa shape index (κ2) is 4.04. The molecule has 0 atom stereocenters. The maximum atomic E-state index is 11.0. The van der Waals surface area contributed by atoms with Gasteiger partial charge in [0.15, 0.2) is 6.29 Å². The number of carbonyl (C=O) groups excluding carboxylic acids is 1. The Kier molecular flexibility index (Phi) is 2.95. The van der Waals surface area contributed by atoms with Crippen molar-refractivity contribution in [2.45, 2.75) is 4.21 Å². The Hall–Kier alpha value is -0.320. The number of hydrogen-bond acceptors (Lipinski definition) is 3. The Balaban J connectivity index is 2.81. The summed E-state index contributed by atoms with van der Waals surface area (Å²) < 4.78 is 3.27. The summed E-state index contributed by atoms with van der Waals surface area (Å²) >= 11 is 6.70. The molecule has 0 N–H and O–H groups in total. The van der Waals surface area contributed by atoms with Crippen LogP contribution in [0.4, 0.5) is 0 Å². The molecule has 4 heteroatoms. The molecular weight excluding hydrogens is 280 g/mol. The number of carbonyl (C=O) groups is 1. The lowest BCUT2D eigenvalue weighted by Gasteiger charge is -1.92. The summed E-state index contributed by atoms with van der Waals surface area (Å²) in [7, 11) is 0. The molecule has 0 saturated heterocycles. The second-order valence-corrected chi connectivity index (χ2v) is 5.81. The minimum atomic E-state index is 0.818. The van der Waals surface area contributed by atoms with E-state index in [1.807, 2.05) is 24.5 Å². The molecule has 0 radical (unpaired) electrons. The molecule has 0 aliphatic rings. The van der Waals surface area contributed by atoms with Gasteiger partial charge in [0.25, 0.3) is 0 Å². The predicted octanol–water partition coefficient (Wildman–Crippen LogP) is 4.20. The van der Waals surface area contributed by atoms with Crippen LogP contribution in [0.2, 0.25) is 0 Å². The lowest BCUT2D eigenvalue weighted by molar-refractivity contribution is 0.112. The molecule has 2 aromatic rings. The summed E-state index contributed by atoms with van der Waals surface area (Å²) in [5.74, 6) is 0. The Morgan fingerprint density at radius 2 is 2.29 bits per heavy atom. The number of thioether (sulfide) groups is 1. The molecule has 1 aromatic heterocycles. The largest absolute Gasteiger partial charge is 0.298 e. The van der Waals surface area contributed by atoms with Crippen molar-refractivity contribution in [2.75, 3.05) is 6.26 Å². The maximum Gasteiger partial charge on any atom is 0.152 e. The first-order valence-corrected chi connectivity index (χ1v) is 6.81. The monoisotopic (exact) mass is 286 g/mol. The van der Waals surface area contributed by atoms with Crippen molar-refractivity contribution in [3.63, 3.8) is 0 Å². The van der Waals surface area contributed by atoms with Crippen molar-refractivity contribution < 1.29 is 4.79 Å². The number of thiophene rings is 1. The Bertz CT molecular complexity index is 490. The number of rotatable bonds is 2. The highest BCUT2D eigenvalue weighted by Gasteiger charge is 2.10. The van der Waals surface area contributed by atoms with Gasteiger partial charge in [-0.05, 0) is 24.5 Å². The fourth-order valence-corrected chi connectivity index (χ4v) is 3.55. The Morgan fingerprint density at radius 3 is 2.93 bits per heavy atom.